The van der Waals surface area contributed by atoms with Gasteiger partial charge in [0.15, 0.2) is 0 Å². The fraction of sp³-hybridized carbons (Fsp3) is 0.256. The van der Waals surface area contributed by atoms with Gasteiger partial charge in [0.1, 0.15) is 11.8 Å². The van der Waals surface area contributed by atoms with Crippen molar-refractivity contribution in [2.24, 2.45) is 5.92 Å². The summed E-state index contributed by atoms with van der Waals surface area (Å²) >= 11 is 3.55. The summed E-state index contributed by atoms with van der Waals surface area (Å²) in [4.78, 5) is 59.6. The number of hydrogen-bond donors (Lipinski definition) is 1. The zero-order valence-electron chi connectivity index (χ0n) is 26.9. The van der Waals surface area contributed by atoms with Crippen LogP contribution in [-0.4, -0.2) is 64.7 Å². The summed E-state index contributed by atoms with van der Waals surface area (Å²) < 4.78 is 6.22. The number of nitrogens with zero attached hydrogens (tertiary/aromatic N) is 3. The van der Waals surface area contributed by atoms with Crippen molar-refractivity contribution in [2.75, 3.05) is 20.2 Å². The van der Waals surface area contributed by atoms with Crippen LogP contribution in [0.1, 0.15) is 68.8 Å². The fourth-order valence-electron chi connectivity index (χ4n) is 6.69. The maximum Gasteiger partial charge on any atom is 0.255 e. The number of piperidine rings is 2. The second-order valence-electron chi connectivity index (χ2n) is 12.4. The molecule has 9 nitrogen and oxygen atoms in total. The molecule has 0 saturated carbocycles. The summed E-state index contributed by atoms with van der Waals surface area (Å²) in [5.41, 5.74) is 5.12. The van der Waals surface area contributed by atoms with E-state index in [1.165, 1.54) is 0 Å². The molecular weight excluding hydrogens is 684 g/mol. The molecule has 4 aromatic rings. The minimum atomic E-state index is -0.668. The van der Waals surface area contributed by atoms with Crippen molar-refractivity contribution in [3.05, 3.63) is 105 Å². The van der Waals surface area contributed by atoms with Gasteiger partial charge in [0.05, 0.1) is 23.9 Å². The van der Waals surface area contributed by atoms with Crippen molar-refractivity contribution in [3.8, 4) is 17.6 Å². The molecule has 7 rings (SSSR count). The number of carbonyl (C=O) groups is 4. The first-order valence-electron chi connectivity index (χ1n) is 16.3. The molecule has 2 saturated heterocycles. The van der Waals surface area contributed by atoms with Gasteiger partial charge in [0, 0.05) is 53.0 Å². The van der Waals surface area contributed by atoms with Crippen molar-refractivity contribution >= 4 is 62.6 Å². The van der Waals surface area contributed by atoms with Gasteiger partial charge in [-0.15, -0.1) is 0 Å². The number of nitrogens with one attached hydrogen (secondary N) is 1. The lowest BCUT2D eigenvalue weighted by atomic mass is 9.95. The Balaban J connectivity index is 1.06. The summed E-state index contributed by atoms with van der Waals surface area (Å²) in [5, 5.41) is 3.14. The number of hydrogen-bond acceptors (Lipinski definition) is 6. The number of amides is 4. The second kappa shape index (κ2) is 13.7. The third-order valence-electron chi connectivity index (χ3n) is 9.34. The minimum absolute atomic E-state index is 0.0409. The molecule has 1 aromatic heterocycles. The Kier molecular flexibility index (Phi) is 9.02. The lowest BCUT2D eigenvalue weighted by molar-refractivity contribution is -0.136. The summed E-state index contributed by atoms with van der Waals surface area (Å²) in [6, 6.07) is 20.2. The van der Waals surface area contributed by atoms with Crippen LogP contribution >= 0.6 is 15.9 Å². The van der Waals surface area contributed by atoms with Gasteiger partial charge in [-0.05, 0) is 85.0 Å². The van der Waals surface area contributed by atoms with Gasteiger partial charge in [-0.3, -0.25) is 24.5 Å². The fourth-order valence-corrected chi connectivity index (χ4v) is 7.05. The molecule has 0 bridgehead atoms. The lowest BCUT2D eigenvalue weighted by Crippen LogP contribution is -2.52. The van der Waals surface area contributed by atoms with E-state index < -0.39 is 11.9 Å². The number of rotatable bonds is 5. The molecule has 0 radical (unpaired) electrons. The number of benzene rings is 3. The van der Waals surface area contributed by atoms with E-state index >= 15 is 0 Å². The number of fused-ring (bicyclic) bond motifs is 2. The highest BCUT2D eigenvalue weighted by Gasteiger charge is 2.39. The van der Waals surface area contributed by atoms with Gasteiger partial charge in [-0.1, -0.05) is 52.0 Å². The predicted molar refractivity (Wildman–Crippen MR) is 189 cm³/mol. The maximum absolute atomic E-state index is 14.0. The zero-order chi connectivity index (χ0) is 34.1. The molecule has 1 unspecified atom stereocenters. The molecule has 3 aromatic carbocycles. The monoisotopic (exact) mass is 716 g/mol. The number of imide groups is 1. The summed E-state index contributed by atoms with van der Waals surface area (Å²) in [7, 11) is 1.64. The van der Waals surface area contributed by atoms with E-state index in [9.17, 15) is 19.2 Å². The Morgan fingerprint density at radius 3 is 2.61 bits per heavy atom. The number of halogens is 1. The largest absolute Gasteiger partial charge is 0.497 e. The molecule has 3 aliphatic rings. The summed E-state index contributed by atoms with van der Waals surface area (Å²) in [6.45, 7) is 1.42. The van der Waals surface area contributed by atoms with Crippen LogP contribution in [0.25, 0.3) is 23.1 Å². The number of pyridine rings is 1. The normalized spacial score (nSPS) is 18.0. The van der Waals surface area contributed by atoms with Crippen molar-refractivity contribution in [1.29, 1.82) is 0 Å². The maximum atomic E-state index is 14.0. The molecule has 2 fully saturated rings. The Bertz CT molecular complexity index is 2110. The van der Waals surface area contributed by atoms with Crippen LogP contribution in [0, 0.1) is 17.8 Å². The number of carbonyl (C=O) groups excluding carboxylic acids is 4. The number of likely N-dealkylation sites (tertiary alicyclic amines) is 1. The molecule has 4 amide bonds. The average molecular weight is 718 g/mol. The van der Waals surface area contributed by atoms with E-state index in [1.807, 2.05) is 77.7 Å². The molecule has 1 N–H and O–H groups in total. The van der Waals surface area contributed by atoms with Crippen molar-refractivity contribution in [2.45, 2.75) is 38.3 Å². The van der Waals surface area contributed by atoms with E-state index in [2.05, 4.69) is 33.1 Å². The molecule has 3 aliphatic heterocycles. The van der Waals surface area contributed by atoms with Crippen LogP contribution in [0.4, 0.5) is 0 Å². The van der Waals surface area contributed by atoms with Crippen LogP contribution in [0.3, 0.4) is 0 Å². The highest BCUT2D eigenvalue weighted by Crippen LogP contribution is 2.31. The first-order valence-corrected chi connectivity index (χ1v) is 17.1. The topological polar surface area (TPSA) is 109 Å². The summed E-state index contributed by atoms with van der Waals surface area (Å²) in [6.07, 6.45) is 5.85. The van der Waals surface area contributed by atoms with Crippen LogP contribution in [0.5, 0.6) is 5.75 Å². The van der Waals surface area contributed by atoms with E-state index in [0.29, 0.717) is 36.3 Å². The molecule has 10 heteroatoms. The van der Waals surface area contributed by atoms with E-state index in [0.717, 1.165) is 50.7 Å². The zero-order valence-corrected chi connectivity index (χ0v) is 28.5. The van der Waals surface area contributed by atoms with Crippen molar-refractivity contribution in [1.82, 2.24) is 20.1 Å². The molecule has 246 valence electrons. The molecule has 49 heavy (non-hydrogen) atoms. The smallest absolute Gasteiger partial charge is 0.255 e. The standard InChI is InChI=1S/C39H33BrN4O5/c1-49-29-6-2-4-25(20-29)9-12-28-22-32(31-21-27(40)11-13-34(31)41-28)38(47)43-18-16-24(17-19-43)8-10-26-5-3-7-30-33(26)23-44(39(30)48)35-14-15-36(45)42-37(35)46/h2-7,9,11-13,20-22,24,35H,14-19,23H2,1H3,(H,42,45,46). The van der Waals surface area contributed by atoms with Crippen molar-refractivity contribution < 1.29 is 23.9 Å². The second-order valence-corrected chi connectivity index (χ2v) is 13.3. The molecule has 1 atom stereocenters. The quantitative estimate of drug-likeness (QED) is 0.205. The van der Waals surface area contributed by atoms with E-state index in [-0.39, 0.29) is 36.6 Å². The Morgan fingerprint density at radius 2 is 1.82 bits per heavy atom. The third kappa shape index (κ3) is 6.72. The number of methoxy groups -OCH3 is 1. The Hall–Kier alpha value is -5.27. The van der Waals surface area contributed by atoms with E-state index in [4.69, 9.17) is 9.72 Å². The van der Waals surface area contributed by atoms with Gasteiger partial charge < -0.3 is 14.5 Å². The van der Waals surface area contributed by atoms with Gasteiger partial charge in [0.25, 0.3) is 11.8 Å². The number of ether oxygens (including phenoxy) is 1. The Labute approximate surface area is 292 Å². The third-order valence-corrected chi connectivity index (χ3v) is 9.83. The number of aromatic nitrogens is 1. The predicted octanol–water partition coefficient (Wildman–Crippen LogP) is 5.84. The van der Waals surface area contributed by atoms with Crippen LogP contribution in [0.2, 0.25) is 0 Å². The SMILES string of the molecule is COc1cccc(C=Cc2cc(C(=O)N3CCC(C#Cc4cccc5c4CN(C4CCC(=O)NC4=O)C5=O)CC3)c3cc(Br)ccc3n2)c1. The van der Waals surface area contributed by atoms with Gasteiger partial charge >= 0.3 is 0 Å². The average Bonchev–Trinajstić information content (AvgIpc) is 3.45. The highest BCUT2D eigenvalue weighted by atomic mass is 79.9. The minimum Gasteiger partial charge on any atom is -0.497 e. The first-order chi connectivity index (χ1) is 23.8. The molecule has 0 aliphatic carbocycles. The van der Waals surface area contributed by atoms with Crippen LogP contribution in [0.15, 0.2) is 71.2 Å². The molecule has 0 spiro atoms. The molecular formula is C39H33BrN4O5. The van der Waals surface area contributed by atoms with Crippen LogP contribution in [-0.2, 0) is 16.1 Å². The van der Waals surface area contributed by atoms with Gasteiger partial charge in [0.2, 0.25) is 11.8 Å². The lowest BCUT2D eigenvalue weighted by Gasteiger charge is -2.30. The highest BCUT2D eigenvalue weighted by molar-refractivity contribution is 9.10. The van der Waals surface area contributed by atoms with Gasteiger partial charge in [-0.25, -0.2) is 4.98 Å². The summed E-state index contributed by atoms with van der Waals surface area (Å²) in [5.74, 6) is 6.57. The van der Waals surface area contributed by atoms with Crippen LogP contribution < -0.4 is 10.1 Å². The first kappa shape index (κ1) is 32.3. The molecule has 4 heterocycles. The van der Waals surface area contributed by atoms with Gasteiger partial charge in [-0.2, -0.15) is 0 Å². The Morgan fingerprint density at radius 1 is 1.00 bits per heavy atom. The van der Waals surface area contributed by atoms with Crippen molar-refractivity contribution in [3.63, 3.8) is 0 Å². The van der Waals surface area contributed by atoms with E-state index in [1.54, 1.807) is 18.1 Å².